The summed E-state index contributed by atoms with van der Waals surface area (Å²) in [6.07, 6.45) is 3.22. The molecule has 0 N–H and O–H groups in total. The van der Waals surface area contributed by atoms with Gasteiger partial charge in [-0.15, -0.1) is 0 Å². The van der Waals surface area contributed by atoms with Gasteiger partial charge in [-0.05, 0) is 25.2 Å². The van der Waals surface area contributed by atoms with E-state index in [-0.39, 0.29) is 0 Å². The van der Waals surface area contributed by atoms with Crippen LogP contribution in [0.2, 0.25) is 0 Å². The molecule has 0 aliphatic carbocycles. The molecule has 0 atom stereocenters. The van der Waals surface area contributed by atoms with Crippen molar-refractivity contribution in [1.82, 2.24) is 0 Å². The molecule has 1 heterocycles. The molecule has 3 nitrogen and oxygen atoms in total. The van der Waals surface area contributed by atoms with Crippen molar-refractivity contribution in [2.24, 2.45) is 10.3 Å². The standard InChI is InChI=1S/C9H19NO2S/c1-10-13(11)7-4-9(5-8-13)3-6-12-2/h9H,3-8H2,1-2H3. The summed E-state index contributed by atoms with van der Waals surface area (Å²) < 4.78 is 20.8. The zero-order valence-corrected chi connectivity index (χ0v) is 9.31. The molecule has 0 aromatic rings. The highest BCUT2D eigenvalue weighted by Crippen LogP contribution is 2.22. The summed E-state index contributed by atoms with van der Waals surface area (Å²) in [7, 11) is 1.61. The highest BCUT2D eigenvalue weighted by molar-refractivity contribution is 7.93. The second-order valence-corrected chi connectivity index (χ2v) is 6.32. The Morgan fingerprint density at radius 1 is 1.46 bits per heavy atom. The molecule has 1 saturated heterocycles. The minimum atomic E-state index is -1.80. The van der Waals surface area contributed by atoms with Crippen LogP contribution in [-0.2, 0) is 14.5 Å². The first-order valence-electron chi connectivity index (χ1n) is 4.80. The maximum atomic E-state index is 11.8. The Kier molecular flexibility index (Phi) is 4.19. The number of rotatable bonds is 3. The molecule has 1 aliphatic heterocycles. The molecule has 13 heavy (non-hydrogen) atoms. The lowest BCUT2D eigenvalue weighted by atomic mass is 10.00. The maximum absolute atomic E-state index is 11.8. The van der Waals surface area contributed by atoms with Gasteiger partial charge in [0.15, 0.2) is 0 Å². The van der Waals surface area contributed by atoms with E-state index in [0.29, 0.717) is 5.92 Å². The summed E-state index contributed by atoms with van der Waals surface area (Å²) in [5, 5.41) is 0. The molecule has 1 aliphatic rings. The number of hydrogen-bond donors (Lipinski definition) is 0. The summed E-state index contributed by atoms with van der Waals surface area (Å²) in [5.74, 6) is 2.28. The van der Waals surface area contributed by atoms with E-state index >= 15 is 0 Å². The van der Waals surface area contributed by atoms with E-state index in [4.69, 9.17) is 4.74 Å². The van der Waals surface area contributed by atoms with Crippen LogP contribution >= 0.6 is 0 Å². The van der Waals surface area contributed by atoms with Crippen LogP contribution in [0.15, 0.2) is 4.36 Å². The van der Waals surface area contributed by atoms with Crippen LogP contribution in [0, 0.1) is 5.92 Å². The monoisotopic (exact) mass is 205 g/mol. The van der Waals surface area contributed by atoms with E-state index in [2.05, 4.69) is 4.36 Å². The molecule has 0 spiro atoms. The molecule has 0 aromatic heterocycles. The van der Waals surface area contributed by atoms with Crippen molar-refractivity contribution in [2.75, 3.05) is 32.3 Å². The van der Waals surface area contributed by atoms with Gasteiger partial charge in [-0.2, -0.15) is 0 Å². The minimum Gasteiger partial charge on any atom is -0.385 e. The molecule has 1 fully saturated rings. The van der Waals surface area contributed by atoms with E-state index in [0.717, 1.165) is 37.4 Å². The number of hydrogen-bond acceptors (Lipinski definition) is 3. The summed E-state index contributed by atoms with van der Waals surface area (Å²) in [6.45, 7) is 0.828. The molecule has 78 valence electrons. The fourth-order valence-corrected chi connectivity index (χ4v) is 3.68. The fraction of sp³-hybridized carbons (Fsp3) is 1.00. The SMILES string of the molecule is CN=S1(=O)CCC(CCOC)CC1. The lowest BCUT2D eigenvalue weighted by Gasteiger charge is -2.23. The van der Waals surface area contributed by atoms with Crippen molar-refractivity contribution in [3.63, 3.8) is 0 Å². The van der Waals surface area contributed by atoms with Gasteiger partial charge in [0.1, 0.15) is 0 Å². The molecule has 0 amide bonds. The third-order valence-electron chi connectivity index (χ3n) is 2.75. The van der Waals surface area contributed by atoms with Gasteiger partial charge in [0.2, 0.25) is 0 Å². The van der Waals surface area contributed by atoms with Crippen LogP contribution in [0.25, 0.3) is 0 Å². The lowest BCUT2D eigenvalue weighted by molar-refractivity contribution is 0.174. The molecule has 0 saturated carbocycles. The van der Waals surface area contributed by atoms with Gasteiger partial charge in [-0.1, -0.05) is 0 Å². The third-order valence-corrected chi connectivity index (χ3v) is 5.17. The van der Waals surface area contributed by atoms with Crippen molar-refractivity contribution >= 4 is 9.73 Å². The number of methoxy groups -OCH3 is 1. The van der Waals surface area contributed by atoms with Crippen molar-refractivity contribution in [1.29, 1.82) is 0 Å². The Balaban J connectivity index is 2.35. The van der Waals surface area contributed by atoms with E-state index in [1.807, 2.05) is 0 Å². The van der Waals surface area contributed by atoms with Gasteiger partial charge in [-0.25, -0.2) is 8.57 Å². The molecular weight excluding hydrogens is 186 g/mol. The zero-order chi connectivity index (χ0) is 9.73. The zero-order valence-electron chi connectivity index (χ0n) is 8.49. The summed E-state index contributed by atoms with van der Waals surface area (Å²) in [4.78, 5) is 0. The lowest BCUT2D eigenvalue weighted by Crippen LogP contribution is -2.23. The van der Waals surface area contributed by atoms with Crippen LogP contribution in [0.3, 0.4) is 0 Å². The topological polar surface area (TPSA) is 38.7 Å². The first-order chi connectivity index (χ1) is 6.20. The van der Waals surface area contributed by atoms with E-state index in [1.54, 1.807) is 14.2 Å². The predicted molar refractivity (Wildman–Crippen MR) is 55.4 cm³/mol. The second kappa shape index (κ2) is 4.96. The smallest absolute Gasteiger partial charge is 0.0465 e. The van der Waals surface area contributed by atoms with Crippen LogP contribution in [0.1, 0.15) is 19.3 Å². The molecule has 0 bridgehead atoms. The molecular formula is C9H19NO2S. The normalized spacial score (nSPS) is 34.5. The van der Waals surface area contributed by atoms with Gasteiger partial charge >= 0.3 is 0 Å². The van der Waals surface area contributed by atoms with Crippen molar-refractivity contribution in [3.05, 3.63) is 0 Å². The van der Waals surface area contributed by atoms with Gasteiger partial charge in [0, 0.05) is 42.0 Å². The Labute approximate surface area is 81.0 Å². The van der Waals surface area contributed by atoms with Gasteiger partial charge in [-0.3, -0.25) is 0 Å². The van der Waals surface area contributed by atoms with Crippen LogP contribution in [0.5, 0.6) is 0 Å². The van der Waals surface area contributed by atoms with Gasteiger partial charge in [0.25, 0.3) is 0 Å². The Hall–Kier alpha value is -0.0900. The minimum absolute atomic E-state index is 0.705. The van der Waals surface area contributed by atoms with Crippen molar-refractivity contribution < 1.29 is 8.95 Å². The summed E-state index contributed by atoms with van der Waals surface area (Å²) in [6, 6.07) is 0. The predicted octanol–water partition coefficient (Wildman–Crippen LogP) is 1.53. The van der Waals surface area contributed by atoms with Gasteiger partial charge in [0.05, 0.1) is 0 Å². The first kappa shape index (κ1) is 11.0. The third kappa shape index (κ3) is 3.27. The molecule has 4 heteroatoms. The number of ether oxygens (including phenoxy) is 1. The first-order valence-corrected chi connectivity index (χ1v) is 6.65. The van der Waals surface area contributed by atoms with E-state index in [9.17, 15) is 4.21 Å². The van der Waals surface area contributed by atoms with Crippen LogP contribution < -0.4 is 0 Å². The average molecular weight is 205 g/mol. The molecule has 0 aromatic carbocycles. The fourth-order valence-electron chi connectivity index (χ4n) is 1.70. The van der Waals surface area contributed by atoms with Crippen molar-refractivity contribution in [3.8, 4) is 0 Å². The second-order valence-electron chi connectivity index (χ2n) is 3.59. The van der Waals surface area contributed by atoms with Gasteiger partial charge < -0.3 is 4.74 Å². The van der Waals surface area contributed by atoms with E-state index in [1.165, 1.54) is 0 Å². The van der Waals surface area contributed by atoms with Crippen LogP contribution in [-0.4, -0.2) is 36.5 Å². The molecule has 0 radical (unpaired) electrons. The van der Waals surface area contributed by atoms with Crippen molar-refractivity contribution in [2.45, 2.75) is 19.3 Å². The Morgan fingerprint density at radius 2 is 2.08 bits per heavy atom. The highest BCUT2D eigenvalue weighted by atomic mass is 32.2. The highest BCUT2D eigenvalue weighted by Gasteiger charge is 2.21. The quantitative estimate of drug-likeness (QED) is 0.701. The number of nitrogens with zero attached hydrogens (tertiary/aromatic N) is 1. The van der Waals surface area contributed by atoms with Crippen LogP contribution in [0.4, 0.5) is 0 Å². The summed E-state index contributed by atoms with van der Waals surface area (Å²) in [5.41, 5.74) is 0. The van der Waals surface area contributed by atoms with E-state index < -0.39 is 9.73 Å². The Bertz CT molecular complexity index is 242. The largest absolute Gasteiger partial charge is 0.385 e. The molecule has 0 unspecified atom stereocenters. The summed E-state index contributed by atoms with van der Waals surface area (Å²) >= 11 is 0. The average Bonchev–Trinajstić information content (AvgIpc) is 2.17. The maximum Gasteiger partial charge on any atom is 0.0465 e. The molecule has 1 rings (SSSR count). The Morgan fingerprint density at radius 3 is 2.54 bits per heavy atom.